The number of rotatable bonds is 1. The Morgan fingerprint density at radius 2 is 1.85 bits per heavy atom. The molecule has 0 saturated heterocycles. The SMILES string of the molecule is NC1(c2ccc(Br)c(Cl)c2F)CCc2ccccc2C1. The van der Waals surface area contributed by atoms with Gasteiger partial charge in [-0.2, -0.15) is 0 Å². The average molecular weight is 355 g/mol. The first-order chi connectivity index (χ1) is 9.51. The molecule has 0 amide bonds. The van der Waals surface area contributed by atoms with Crippen molar-refractivity contribution in [2.45, 2.75) is 24.8 Å². The largest absolute Gasteiger partial charge is 0.321 e. The fraction of sp³-hybridized carbons (Fsp3) is 0.250. The molecule has 1 unspecified atom stereocenters. The van der Waals surface area contributed by atoms with Crippen LogP contribution in [0.5, 0.6) is 0 Å². The predicted molar refractivity (Wildman–Crippen MR) is 83.4 cm³/mol. The van der Waals surface area contributed by atoms with E-state index < -0.39 is 11.4 Å². The maximum Gasteiger partial charge on any atom is 0.147 e. The molecule has 1 aliphatic rings. The molecule has 104 valence electrons. The molecule has 0 bridgehead atoms. The number of hydrogen-bond donors (Lipinski definition) is 1. The van der Waals surface area contributed by atoms with Crippen molar-refractivity contribution in [2.75, 3.05) is 0 Å². The fourth-order valence-corrected chi connectivity index (χ4v) is 3.37. The molecule has 0 saturated carbocycles. The van der Waals surface area contributed by atoms with Crippen molar-refractivity contribution in [1.82, 2.24) is 0 Å². The van der Waals surface area contributed by atoms with Crippen molar-refractivity contribution in [3.63, 3.8) is 0 Å². The summed E-state index contributed by atoms with van der Waals surface area (Å²) in [6.07, 6.45) is 2.22. The summed E-state index contributed by atoms with van der Waals surface area (Å²) in [6, 6.07) is 11.7. The summed E-state index contributed by atoms with van der Waals surface area (Å²) >= 11 is 9.22. The highest BCUT2D eigenvalue weighted by molar-refractivity contribution is 9.10. The Kier molecular flexibility index (Phi) is 3.61. The van der Waals surface area contributed by atoms with Gasteiger partial charge in [0.15, 0.2) is 0 Å². The van der Waals surface area contributed by atoms with Crippen LogP contribution in [0.3, 0.4) is 0 Å². The molecule has 1 nitrogen and oxygen atoms in total. The van der Waals surface area contributed by atoms with Crippen molar-refractivity contribution in [3.8, 4) is 0 Å². The molecule has 2 aromatic carbocycles. The molecule has 0 aromatic heterocycles. The normalized spacial score (nSPS) is 21.6. The van der Waals surface area contributed by atoms with E-state index >= 15 is 0 Å². The second-order valence-electron chi connectivity index (χ2n) is 5.32. The van der Waals surface area contributed by atoms with Crippen molar-refractivity contribution in [1.29, 1.82) is 0 Å². The van der Waals surface area contributed by atoms with E-state index in [0.717, 1.165) is 12.8 Å². The van der Waals surface area contributed by atoms with Crippen LogP contribution < -0.4 is 5.73 Å². The Bertz CT molecular complexity index is 674. The lowest BCUT2D eigenvalue weighted by molar-refractivity contribution is 0.368. The molecule has 4 heteroatoms. The molecule has 0 fully saturated rings. The predicted octanol–water partition coefficient (Wildman–Crippen LogP) is 4.58. The Hall–Kier alpha value is -0.900. The first-order valence-electron chi connectivity index (χ1n) is 6.51. The van der Waals surface area contributed by atoms with E-state index in [1.807, 2.05) is 12.1 Å². The molecule has 0 heterocycles. The molecular formula is C16H14BrClFN. The van der Waals surface area contributed by atoms with Crippen LogP contribution in [0.4, 0.5) is 4.39 Å². The van der Waals surface area contributed by atoms with Crippen molar-refractivity contribution in [3.05, 3.63) is 68.4 Å². The van der Waals surface area contributed by atoms with Gasteiger partial charge in [-0.15, -0.1) is 0 Å². The van der Waals surface area contributed by atoms with Gasteiger partial charge in [0, 0.05) is 15.6 Å². The molecule has 2 aromatic rings. The first-order valence-corrected chi connectivity index (χ1v) is 7.68. The van der Waals surface area contributed by atoms with Gasteiger partial charge in [-0.25, -0.2) is 4.39 Å². The van der Waals surface area contributed by atoms with Crippen LogP contribution in [-0.4, -0.2) is 0 Å². The zero-order chi connectivity index (χ0) is 14.3. The van der Waals surface area contributed by atoms with Gasteiger partial charge in [0.05, 0.1) is 5.02 Å². The van der Waals surface area contributed by atoms with E-state index in [-0.39, 0.29) is 5.02 Å². The second-order valence-corrected chi connectivity index (χ2v) is 6.56. The molecule has 0 radical (unpaired) electrons. The summed E-state index contributed by atoms with van der Waals surface area (Å²) in [5.41, 5.74) is 8.81. The van der Waals surface area contributed by atoms with E-state index in [2.05, 4.69) is 28.1 Å². The van der Waals surface area contributed by atoms with E-state index in [1.165, 1.54) is 11.1 Å². The number of halogens is 3. The van der Waals surface area contributed by atoms with Crippen LogP contribution in [0.25, 0.3) is 0 Å². The molecule has 3 rings (SSSR count). The minimum absolute atomic E-state index is 0.103. The van der Waals surface area contributed by atoms with E-state index in [0.29, 0.717) is 16.5 Å². The molecule has 2 N–H and O–H groups in total. The van der Waals surface area contributed by atoms with E-state index in [9.17, 15) is 4.39 Å². The third-order valence-corrected chi connectivity index (χ3v) is 5.29. The summed E-state index contributed by atoms with van der Waals surface area (Å²) in [7, 11) is 0. The quantitative estimate of drug-likeness (QED) is 0.745. The summed E-state index contributed by atoms with van der Waals surface area (Å²) in [6.45, 7) is 0. The number of benzene rings is 2. The molecule has 1 aliphatic carbocycles. The molecule has 0 spiro atoms. The third-order valence-electron chi connectivity index (χ3n) is 4.04. The minimum atomic E-state index is -0.692. The van der Waals surface area contributed by atoms with Gasteiger partial charge in [0.1, 0.15) is 5.82 Å². The molecule has 20 heavy (non-hydrogen) atoms. The van der Waals surface area contributed by atoms with Crippen LogP contribution in [0, 0.1) is 5.82 Å². The zero-order valence-corrected chi connectivity index (χ0v) is 13.1. The fourth-order valence-electron chi connectivity index (χ4n) is 2.90. The summed E-state index contributed by atoms with van der Waals surface area (Å²) < 4.78 is 15.0. The Balaban J connectivity index is 2.05. The molecule has 0 aliphatic heterocycles. The number of aryl methyl sites for hydroxylation is 1. The van der Waals surface area contributed by atoms with Gasteiger partial charge in [-0.1, -0.05) is 41.9 Å². The van der Waals surface area contributed by atoms with Gasteiger partial charge in [0.2, 0.25) is 0 Å². The van der Waals surface area contributed by atoms with Crippen LogP contribution >= 0.6 is 27.5 Å². The van der Waals surface area contributed by atoms with Crippen molar-refractivity contribution in [2.24, 2.45) is 5.73 Å². The lowest BCUT2D eigenvalue weighted by Crippen LogP contribution is -2.43. The van der Waals surface area contributed by atoms with Gasteiger partial charge >= 0.3 is 0 Å². The Labute approximate surface area is 131 Å². The summed E-state index contributed by atoms with van der Waals surface area (Å²) in [5, 5.41) is 0.103. The third kappa shape index (κ3) is 2.28. The van der Waals surface area contributed by atoms with E-state index in [1.54, 1.807) is 12.1 Å². The summed E-state index contributed by atoms with van der Waals surface area (Å²) in [5.74, 6) is -0.414. The highest BCUT2D eigenvalue weighted by Crippen LogP contribution is 2.38. The van der Waals surface area contributed by atoms with Crippen LogP contribution in [0.1, 0.15) is 23.1 Å². The van der Waals surface area contributed by atoms with Gasteiger partial charge in [-0.05, 0) is 52.4 Å². The number of hydrogen-bond acceptors (Lipinski definition) is 1. The van der Waals surface area contributed by atoms with E-state index in [4.69, 9.17) is 17.3 Å². The van der Waals surface area contributed by atoms with Gasteiger partial charge < -0.3 is 5.73 Å². The molecular weight excluding hydrogens is 341 g/mol. The van der Waals surface area contributed by atoms with Crippen molar-refractivity contribution < 1.29 is 4.39 Å². The number of fused-ring (bicyclic) bond motifs is 1. The average Bonchev–Trinajstić information content (AvgIpc) is 2.44. The summed E-state index contributed by atoms with van der Waals surface area (Å²) in [4.78, 5) is 0. The first kappa shape index (κ1) is 14.1. The highest BCUT2D eigenvalue weighted by Gasteiger charge is 2.35. The second kappa shape index (κ2) is 5.14. The highest BCUT2D eigenvalue weighted by atomic mass is 79.9. The van der Waals surface area contributed by atoms with Gasteiger partial charge in [0.25, 0.3) is 0 Å². The topological polar surface area (TPSA) is 26.0 Å². The van der Waals surface area contributed by atoms with Crippen LogP contribution in [0.2, 0.25) is 5.02 Å². The maximum absolute atomic E-state index is 14.4. The maximum atomic E-state index is 14.4. The smallest absolute Gasteiger partial charge is 0.147 e. The Morgan fingerprint density at radius 1 is 1.15 bits per heavy atom. The monoisotopic (exact) mass is 353 g/mol. The lowest BCUT2D eigenvalue weighted by atomic mass is 9.74. The van der Waals surface area contributed by atoms with Crippen molar-refractivity contribution >= 4 is 27.5 Å². The number of nitrogens with two attached hydrogens (primary N) is 1. The Morgan fingerprint density at radius 3 is 2.60 bits per heavy atom. The zero-order valence-electron chi connectivity index (χ0n) is 10.8. The van der Waals surface area contributed by atoms with Crippen LogP contribution in [0.15, 0.2) is 40.9 Å². The van der Waals surface area contributed by atoms with Crippen LogP contribution in [-0.2, 0) is 18.4 Å². The lowest BCUT2D eigenvalue weighted by Gasteiger charge is -2.35. The molecule has 1 atom stereocenters. The standard InChI is InChI=1S/C16H14BrClFN/c17-13-6-5-12(15(19)14(13)18)16(20)8-7-10-3-1-2-4-11(10)9-16/h1-6H,7-9,20H2. The van der Waals surface area contributed by atoms with Gasteiger partial charge in [-0.3, -0.25) is 0 Å². The minimum Gasteiger partial charge on any atom is -0.321 e.